The van der Waals surface area contributed by atoms with Gasteiger partial charge in [0.2, 0.25) is 5.91 Å². The van der Waals surface area contributed by atoms with Crippen molar-refractivity contribution in [2.24, 2.45) is 0 Å². The molecule has 140 valence electrons. The summed E-state index contributed by atoms with van der Waals surface area (Å²) in [4.78, 5) is 12.6. The number of hydrogen-bond acceptors (Lipinski definition) is 3. The number of thiocarbonyl (C=S) groups is 1. The highest BCUT2D eigenvalue weighted by atomic mass is 32.1. The number of nitrogens with zero attached hydrogens (tertiary/aromatic N) is 1. The van der Waals surface area contributed by atoms with Crippen LogP contribution in [0.5, 0.6) is 5.75 Å². The predicted octanol–water partition coefficient (Wildman–Crippen LogP) is 3.92. The second-order valence-corrected chi connectivity index (χ2v) is 6.81. The number of aryl methyl sites for hydroxylation is 1. The minimum Gasteiger partial charge on any atom is -0.494 e. The highest BCUT2D eigenvalue weighted by molar-refractivity contribution is 7.80. The maximum atomic E-state index is 14.4. The average molecular weight is 384 g/mol. The van der Waals surface area contributed by atoms with Crippen LogP contribution in [0.25, 0.3) is 10.9 Å². The molecule has 0 saturated heterocycles. The van der Waals surface area contributed by atoms with Gasteiger partial charge in [0, 0.05) is 29.8 Å². The third kappa shape index (κ3) is 3.45. The van der Waals surface area contributed by atoms with Crippen molar-refractivity contribution in [1.82, 2.24) is 9.88 Å². The van der Waals surface area contributed by atoms with E-state index in [-0.39, 0.29) is 18.1 Å². The average Bonchev–Trinajstić information content (AvgIpc) is 2.91. The van der Waals surface area contributed by atoms with Crippen molar-refractivity contribution in [3.63, 3.8) is 0 Å². The van der Waals surface area contributed by atoms with Gasteiger partial charge in [0.15, 0.2) is 11.6 Å². The molecule has 0 aliphatic rings. The lowest BCUT2D eigenvalue weighted by molar-refractivity contribution is -0.119. The minimum atomic E-state index is -0.470. The van der Waals surface area contributed by atoms with Crippen molar-refractivity contribution >= 4 is 34.0 Å². The van der Waals surface area contributed by atoms with Gasteiger partial charge in [0.1, 0.15) is 4.99 Å². The number of hydrogen-bond donors (Lipinski definition) is 1. The fourth-order valence-electron chi connectivity index (χ4n) is 3.20. The highest BCUT2D eigenvalue weighted by Gasteiger charge is 2.21. The van der Waals surface area contributed by atoms with Crippen LogP contribution in [0.3, 0.4) is 0 Å². The largest absolute Gasteiger partial charge is 0.494 e. The molecule has 1 aromatic heterocycles. The molecular weight excluding hydrogens is 363 g/mol. The Morgan fingerprint density at radius 1 is 1.22 bits per heavy atom. The Morgan fingerprint density at radius 3 is 2.48 bits per heavy atom. The summed E-state index contributed by atoms with van der Waals surface area (Å²) in [6, 6.07) is 10.9. The molecule has 3 rings (SSSR count). The number of methoxy groups -OCH3 is 1. The first-order chi connectivity index (χ1) is 12.9. The van der Waals surface area contributed by atoms with Crippen LogP contribution in [0.2, 0.25) is 0 Å². The minimum absolute atomic E-state index is 0.123. The Balaban J connectivity index is 2.26. The first-order valence-electron chi connectivity index (χ1n) is 8.56. The summed E-state index contributed by atoms with van der Waals surface area (Å²) in [5.41, 5.74) is 4.23. The van der Waals surface area contributed by atoms with E-state index >= 15 is 0 Å². The SMILES string of the molecule is CNC(=O)Cc1c(C)n(C(=S)c2ccc(C)cc2)c2cc(F)c(OC)cc12. The molecule has 0 unspecified atom stereocenters. The van der Waals surface area contributed by atoms with Crippen LogP contribution in [0, 0.1) is 19.7 Å². The van der Waals surface area contributed by atoms with Gasteiger partial charge in [-0.05, 0) is 25.5 Å². The van der Waals surface area contributed by atoms with Gasteiger partial charge in [-0.2, -0.15) is 0 Å². The van der Waals surface area contributed by atoms with Crippen LogP contribution in [0.4, 0.5) is 4.39 Å². The second-order valence-electron chi connectivity index (χ2n) is 6.42. The molecule has 0 aliphatic carbocycles. The van der Waals surface area contributed by atoms with E-state index in [0.717, 1.165) is 27.8 Å². The molecule has 0 spiro atoms. The summed E-state index contributed by atoms with van der Waals surface area (Å²) in [5, 5.41) is 3.39. The van der Waals surface area contributed by atoms with E-state index in [0.29, 0.717) is 10.5 Å². The summed E-state index contributed by atoms with van der Waals surface area (Å²) in [6.07, 6.45) is 0.178. The van der Waals surface area contributed by atoms with E-state index < -0.39 is 5.82 Å². The van der Waals surface area contributed by atoms with Gasteiger partial charge in [-0.1, -0.05) is 42.0 Å². The van der Waals surface area contributed by atoms with E-state index in [2.05, 4.69) is 5.32 Å². The van der Waals surface area contributed by atoms with E-state index in [1.165, 1.54) is 13.2 Å². The summed E-state index contributed by atoms with van der Waals surface area (Å²) >= 11 is 5.71. The molecule has 0 atom stereocenters. The van der Waals surface area contributed by atoms with Crippen molar-refractivity contribution < 1.29 is 13.9 Å². The summed E-state index contributed by atoms with van der Waals surface area (Å²) < 4.78 is 21.4. The molecule has 2 aromatic carbocycles. The molecule has 0 bridgehead atoms. The molecule has 1 N–H and O–H groups in total. The predicted molar refractivity (Wildman–Crippen MR) is 109 cm³/mol. The maximum Gasteiger partial charge on any atom is 0.224 e. The smallest absolute Gasteiger partial charge is 0.224 e. The number of carbonyl (C=O) groups is 1. The molecule has 4 nitrogen and oxygen atoms in total. The van der Waals surface area contributed by atoms with Crippen molar-refractivity contribution in [3.05, 3.63) is 64.6 Å². The van der Waals surface area contributed by atoms with Crippen molar-refractivity contribution in [3.8, 4) is 5.75 Å². The van der Waals surface area contributed by atoms with E-state index in [1.807, 2.05) is 42.7 Å². The molecule has 1 amide bonds. The lowest BCUT2D eigenvalue weighted by Gasteiger charge is -2.11. The van der Waals surface area contributed by atoms with Crippen LogP contribution in [0.15, 0.2) is 36.4 Å². The second kappa shape index (κ2) is 7.48. The lowest BCUT2D eigenvalue weighted by atomic mass is 10.1. The molecule has 6 heteroatoms. The number of carbonyl (C=O) groups excluding carboxylic acids is 1. The summed E-state index contributed by atoms with van der Waals surface area (Å²) in [5.74, 6) is -0.456. The van der Waals surface area contributed by atoms with Crippen LogP contribution >= 0.6 is 12.2 Å². The first kappa shape index (κ1) is 19.0. The number of rotatable bonds is 4. The number of fused-ring (bicyclic) bond motifs is 1. The van der Waals surface area contributed by atoms with E-state index in [1.54, 1.807) is 13.1 Å². The maximum absolute atomic E-state index is 14.4. The Hall–Kier alpha value is -2.73. The number of benzene rings is 2. The van der Waals surface area contributed by atoms with Crippen LogP contribution in [-0.2, 0) is 11.2 Å². The first-order valence-corrected chi connectivity index (χ1v) is 8.97. The number of likely N-dealkylation sites (N-methyl/N-ethyl adjacent to an activating group) is 1. The van der Waals surface area contributed by atoms with Crippen LogP contribution < -0.4 is 10.1 Å². The third-order valence-electron chi connectivity index (χ3n) is 4.73. The topological polar surface area (TPSA) is 43.3 Å². The molecule has 0 radical (unpaired) electrons. The van der Waals surface area contributed by atoms with Gasteiger partial charge < -0.3 is 14.6 Å². The van der Waals surface area contributed by atoms with Gasteiger partial charge in [-0.3, -0.25) is 4.79 Å². The molecule has 0 aliphatic heterocycles. The summed E-state index contributed by atoms with van der Waals surface area (Å²) in [6.45, 7) is 3.90. The number of nitrogens with one attached hydrogen (secondary N) is 1. The quantitative estimate of drug-likeness (QED) is 0.694. The Morgan fingerprint density at radius 2 is 1.89 bits per heavy atom. The molecular formula is C21H21FN2O2S. The van der Waals surface area contributed by atoms with Crippen LogP contribution in [-0.4, -0.2) is 29.6 Å². The summed E-state index contributed by atoms with van der Waals surface area (Å²) in [7, 11) is 3.01. The van der Waals surface area contributed by atoms with E-state index in [9.17, 15) is 9.18 Å². The number of amides is 1. The zero-order valence-corrected chi connectivity index (χ0v) is 16.5. The van der Waals surface area contributed by atoms with Crippen LogP contribution in [0.1, 0.15) is 22.4 Å². The molecule has 0 saturated carbocycles. The van der Waals surface area contributed by atoms with Crippen molar-refractivity contribution in [2.75, 3.05) is 14.2 Å². The molecule has 0 fully saturated rings. The van der Waals surface area contributed by atoms with E-state index in [4.69, 9.17) is 17.0 Å². The van der Waals surface area contributed by atoms with Gasteiger partial charge in [0.05, 0.1) is 19.0 Å². The monoisotopic (exact) mass is 384 g/mol. The Labute approximate surface area is 162 Å². The zero-order valence-electron chi connectivity index (χ0n) is 15.7. The van der Waals surface area contributed by atoms with Gasteiger partial charge in [-0.25, -0.2) is 4.39 Å². The number of ether oxygens (including phenoxy) is 1. The number of aromatic nitrogens is 1. The molecule has 27 heavy (non-hydrogen) atoms. The highest BCUT2D eigenvalue weighted by Crippen LogP contribution is 2.32. The van der Waals surface area contributed by atoms with Gasteiger partial charge in [-0.15, -0.1) is 0 Å². The Bertz CT molecular complexity index is 1040. The Kier molecular flexibility index (Phi) is 5.28. The third-order valence-corrected chi connectivity index (χ3v) is 5.14. The zero-order chi connectivity index (χ0) is 19.7. The van der Waals surface area contributed by atoms with Crippen molar-refractivity contribution in [1.29, 1.82) is 0 Å². The molecule has 3 aromatic rings. The molecule has 1 heterocycles. The lowest BCUT2D eigenvalue weighted by Crippen LogP contribution is -2.20. The van der Waals surface area contributed by atoms with Gasteiger partial charge in [0.25, 0.3) is 0 Å². The number of halogens is 1. The normalized spacial score (nSPS) is 10.9. The van der Waals surface area contributed by atoms with Gasteiger partial charge >= 0.3 is 0 Å². The standard InChI is InChI=1S/C21H21FN2O2S/c1-12-5-7-14(8-6-12)21(27)24-13(2)15(10-20(25)23-3)16-9-19(26-4)17(22)11-18(16)24/h5-9,11H,10H2,1-4H3,(H,23,25). The fourth-order valence-corrected chi connectivity index (χ4v) is 3.57. The fraction of sp³-hybridized carbons (Fsp3) is 0.238. The van der Waals surface area contributed by atoms with Crippen molar-refractivity contribution in [2.45, 2.75) is 20.3 Å².